The molecule has 2 unspecified atom stereocenters. The van der Waals surface area contributed by atoms with E-state index in [9.17, 15) is 8.42 Å². The summed E-state index contributed by atoms with van der Waals surface area (Å²) in [5, 5.41) is -0.263. The van der Waals surface area contributed by atoms with Crippen LogP contribution in [0.15, 0.2) is 0 Å². The minimum Gasteiger partial charge on any atom is -0.212 e. The van der Waals surface area contributed by atoms with Gasteiger partial charge in [0.25, 0.3) is 0 Å². The van der Waals surface area contributed by atoms with Crippen molar-refractivity contribution in [3.8, 4) is 0 Å². The SMILES string of the molecule is CC(C)S(=O)(=O)N1CC2CCCC2C1. The summed E-state index contributed by atoms with van der Waals surface area (Å²) in [5.74, 6) is 1.31. The van der Waals surface area contributed by atoms with Crippen LogP contribution in [0.25, 0.3) is 0 Å². The molecule has 0 aromatic carbocycles. The number of hydrogen-bond donors (Lipinski definition) is 0. The van der Waals surface area contributed by atoms with Gasteiger partial charge in [0, 0.05) is 13.1 Å². The van der Waals surface area contributed by atoms with E-state index >= 15 is 0 Å². The molecule has 2 aliphatic rings. The highest BCUT2D eigenvalue weighted by Gasteiger charge is 2.41. The van der Waals surface area contributed by atoms with E-state index in [0.29, 0.717) is 11.8 Å². The summed E-state index contributed by atoms with van der Waals surface area (Å²) in [5.41, 5.74) is 0. The van der Waals surface area contributed by atoms with Gasteiger partial charge in [-0.1, -0.05) is 6.42 Å². The molecule has 1 aliphatic carbocycles. The Hall–Kier alpha value is -0.0900. The molecule has 1 aliphatic heterocycles. The Bertz CT molecular complexity index is 298. The monoisotopic (exact) mass is 217 g/mol. The zero-order valence-electron chi connectivity index (χ0n) is 8.94. The first kappa shape index (κ1) is 10.4. The van der Waals surface area contributed by atoms with Crippen LogP contribution in [0, 0.1) is 11.8 Å². The maximum Gasteiger partial charge on any atom is 0.216 e. The molecular formula is C10H19NO2S. The van der Waals surface area contributed by atoms with Crippen LogP contribution in [0.2, 0.25) is 0 Å². The molecule has 2 rings (SSSR count). The quantitative estimate of drug-likeness (QED) is 0.702. The number of rotatable bonds is 2. The average molecular weight is 217 g/mol. The van der Waals surface area contributed by atoms with Crippen LogP contribution < -0.4 is 0 Å². The van der Waals surface area contributed by atoms with Crippen LogP contribution in [0.5, 0.6) is 0 Å². The van der Waals surface area contributed by atoms with E-state index in [0.717, 1.165) is 13.1 Å². The lowest BCUT2D eigenvalue weighted by Crippen LogP contribution is -2.35. The standard InChI is InChI=1S/C10H19NO2S/c1-8(2)14(12,13)11-6-9-4-3-5-10(9)7-11/h8-10H,3-7H2,1-2H3. The maximum absolute atomic E-state index is 11.9. The van der Waals surface area contributed by atoms with Crippen molar-refractivity contribution in [2.75, 3.05) is 13.1 Å². The van der Waals surface area contributed by atoms with Crippen molar-refractivity contribution < 1.29 is 8.42 Å². The van der Waals surface area contributed by atoms with Gasteiger partial charge >= 0.3 is 0 Å². The molecule has 4 heteroatoms. The third-order valence-electron chi connectivity index (χ3n) is 3.65. The molecule has 14 heavy (non-hydrogen) atoms. The Kier molecular flexibility index (Phi) is 2.60. The van der Waals surface area contributed by atoms with E-state index in [1.165, 1.54) is 19.3 Å². The fourth-order valence-electron chi connectivity index (χ4n) is 2.70. The Labute approximate surface area is 86.5 Å². The van der Waals surface area contributed by atoms with Crippen molar-refractivity contribution in [1.29, 1.82) is 0 Å². The van der Waals surface area contributed by atoms with E-state index in [2.05, 4.69) is 0 Å². The minimum atomic E-state index is -2.99. The molecule has 1 saturated heterocycles. The third-order valence-corrected chi connectivity index (χ3v) is 5.86. The molecule has 0 aromatic heterocycles. The average Bonchev–Trinajstić information content (AvgIpc) is 2.60. The summed E-state index contributed by atoms with van der Waals surface area (Å²) < 4.78 is 25.5. The smallest absolute Gasteiger partial charge is 0.212 e. The van der Waals surface area contributed by atoms with Crippen molar-refractivity contribution in [3.05, 3.63) is 0 Å². The van der Waals surface area contributed by atoms with Crippen LogP contribution in [-0.4, -0.2) is 31.1 Å². The van der Waals surface area contributed by atoms with E-state index in [4.69, 9.17) is 0 Å². The highest BCUT2D eigenvalue weighted by molar-refractivity contribution is 7.89. The molecule has 82 valence electrons. The van der Waals surface area contributed by atoms with E-state index in [1.54, 1.807) is 18.2 Å². The van der Waals surface area contributed by atoms with Crippen molar-refractivity contribution >= 4 is 10.0 Å². The fraction of sp³-hybridized carbons (Fsp3) is 1.00. The summed E-state index contributed by atoms with van der Waals surface area (Å²) in [6.07, 6.45) is 3.76. The molecule has 0 bridgehead atoms. The number of fused-ring (bicyclic) bond motifs is 1. The van der Waals surface area contributed by atoms with Gasteiger partial charge in [-0.3, -0.25) is 0 Å². The van der Waals surface area contributed by atoms with Gasteiger partial charge in [0.05, 0.1) is 5.25 Å². The minimum absolute atomic E-state index is 0.263. The van der Waals surface area contributed by atoms with Crippen molar-refractivity contribution in [1.82, 2.24) is 4.31 Å². The van der Waals surface area contributed by atoms with Gasteiger partial charge in [0.15, 0.2) is 0 Å². The number of sulfonamides is 1. The predicted octanol–water partition coefficient (Wildman–Crippen LogP) is 1.46. The van der Waals surface area contributed by atoms with Gasteiger partial charge in [0.2, 0.25) is 10.0 Å². The lowest BCUT2D eigenvalue weighted by atomic mass is 10.0. The van der Waals surface area contributed by atoms with Gasteiger partial charge in [-0.25, -0.2) is 12.7 Å². The number of nitrogens with zero attached hydrogens (tertiary/aromatic N) is 1. The van der Waals surface area contributed by atoms with Crippen molar-refractivity contribution in [3.63, 3.8) is 0 Å². The third kappa shape index (κ3) is 1.58. The molecule has 3 nitrogen and oxygen atoms in total. The lowest BCUT2D eigenvalue weighted by Gasteiger charge is -2.19. The van der Waals surface area contributed by atoms with E-state index in [1.807, 2.05) is 0 Å². The molecule has 2 atom stereocenters. The molecule has 1 heterocycles. The summed E-state index contributed by atoms with van der Waals surface area (Å²) in [4.78, 5) is 0. The Morgan fingerprint density at radius 3 is 2.07 bits per heavy atom. The Morgan fingerprint density at radius 2 is 1.64 bits per heavy atom. The van der Waals surface area contributed by atoms with Gasteiger partial charge in [-0.05, 0) is 38.5 Å². The summed E-state index contributed by atoms with van der Waals surface area (Å²) in [6.45, 7) is 5.10. The van der Waals surface area contributed by atoms with Crippen LogP contribution in [0.3, 0.4) is 0 Å². The first-order chi connectivity index (χ1) is 6.51. The maximum atomic E-state index is 11.9. The molecule has 0 spiro atoms. The number of hydrogen-bond acceptors (Lipinski definition) is 2. The first-order valence-corrected chi connectivity index (χ1v) is 7.01. The van der Waals surface area contributed by atoms with E-state index in [-0.39, 0.29) is 5.25 Å². The fourth-order valence-corrected chi connectivity index (χ4v) is 4.09. The van der Waals surface area contributed by atoms with E-state index < -0.39 is 10.0 Å². The van der Waals surface area contributed by atoms with Crippen LogP contribution in [0.1, 0.15) is 33.1 Å². The molecular weight excluding hydrogens is 198 g/mol. The molecule has 0 N–H and O–H groups in total. The Balaban J connectivity index is 2.09. The zero-order chi connectivity index (χ0) is 10.3. The normalized spacial score (nSPS) is 33.9. The van der Waals surface area contributed by atoms with Gasteiger partial charge in [-0.15, -0.1) is 0 Å². The summed E-state index contributed by atoms with van der Waals surface area (Å²) >= 11 is 0. The topological polar surface area (TPSA) is 37.4 Å². The molecule has 0 radical (unpaired) electrons. The molecule has 0 amide bonds. The largest absolute Gasteiger partial charge is 0.216 e. The van der Waals surface area contributed by atoms with Crippen LogP contribution in [-0.2, 0) is 10.0 Å². The summed E-state index contributed by atoms with van der Waals surface area (Å²) in [7, 11) is -2.99. The van der Waals surface area contributed by atoms with Gasteiger partial charge < -0.3 is 0 Å². The van der Waals surface area contributed by atoms with Crippen LogP contribution in [0.4, 0.5) is 0 Å². The zero-order valence-corrected chi connectivity index (χ0v) is 9.76. The van der Waals surface area contributed by atoms with Crippen LogP contribution >= 0.6 is 0 Å². The summed E-state index contributed by atoms with van der Waals surface area (Å²) in [6, 6.07) is 0. The molecule has 2 fully saturated rings. The first-order valence-electron chi connectivity index (χ1n) is 5.51. The highest BCUT2D eigenvalue weighted by Crippen LogP contribution is 2.39. The second kappa shape index (κ2) is 3.49. The molecule has 0 aromatic rings. The predicted molar refractivity (Wildman–Crippen MR) is 56.5 cm³/mol. The lowest BCUT2D eigenvalue weighted by molar-refractivity contribution is 0.439. The second-order valence-electron chi connectivity index (χ2n) is 4.86. The van der Waals surface area contributed by atoms with Crippen molar-refractivity contribution in [2.45, 2.75) is 38.4 Å². The Morgan fingerprint density at radius 1 is 1.14 bits per heavy atom. The van der Waals surface area contributed by atoms with Crippen molar-refractivity contribution in [2.24, 2.45) is 11.8 Å². The second-order valence-corrected chi connectivity index (χ2v) is 7.35. The van der Waals surface area contributed by atoms with Gasteiger partial charge in [-0.2, -0.15) is 0 Å². The molecule has 1 saturated carbocycles. The highest BCUT2D eigenvalue weighted by atomic mass is 32.2. The van der Waals surface area contributed by atoms with Gasteiger partial charge in [0.1, 0.15) is 0 Å².